The molecule has 0 aliphatic heterocycles. The fourth-order valence-electron chi connectivity index (χ4n) is 3.39. The zero-order chi connectivity index (χ0) is 19.1. The minimum absolute atomic E-state index is 0.363. The maximum Gasteiger partial charge on any atom is 0.187 e. The highest BCUT2D eigenvalue weighted by molar-refractivity contribution is 7.13. The number of aromatic nitrogens is 1. The van der Waals surface area contributed by atoms with E-state index in [9.17, 15) is 0 Å². The molecule has 3 aromatic rings. The van der Waals surface area contributed by atoms with Crippen LogP contribution >= 0.6 is 11.3 Å². The Bertz CT molecular complexity index is 829. The third kappa shape index (κ3) is 5.08. The summed E-state index contributed by atoms with van der Waals surface area (Å²) in [7, 11) is 0. The van der Waals surface area contributed by atoms with Crippen molar-refractivity contribution in [1.29, 1.82) is 0 Å². The highest BCUT2D eigenvalue weighted by Gasteiger charge is 2.18. The molecule has 0 radical (unpaired) electrons. The molecule has 4 heteroatoms. The van der Waals surface area contributed by atoms with Crippen LogP contribution in [0, 0.1) is 0 Å². The van der Waals surface area contributed by atoms with Gasteiger partial charge in [-0.1, -0.05) is 63.1 Å². The second-order valence-corrected chi connectivity index (χ2v) is 8.01. The van der Waals surface area contributed by atoms with Crippen LogP contribution in [0.2, 0.25) is 0 Å². The second-order valence-electron chi connectivity index (χ2n) is 7.15. The van der Waals surface area contributed by atoms with Crippen LogP contribution in [-0.2, 0) is 0 Å². The van der Waals surface area contributed by atoms with E-state index in [4.69, 9.17) is 4.98 Å². The topological polar surface area (TPSA) is 28.2 Å². The van der Waals surface area contributed by atoms with Gasteiger partial charge in [0.1, 0.15) is 0 Å². The summed E-state index contributed by atoms with van der Waals surface area (Å²) in [5.41, 5.74) is 2.30. The predicted molar refractivity (Wildman–Crippen MR) is 119 cm³/mol. The van der Waals surface area contributed by atoms with Gasteiger partial charge in [0, 0.05) is 16.5 Å². The molecule has 0 bridgehead atoms. The third-order valence-corrected chi connectivity index (χ3v) is 5.90. The van der Waals surface area contributed by atoms with Gasteiger partial charge < -0.3 is 5.32 Å². The lowest BCUT2D eigenvalue weighted by molar-refractivity contribution is 0.201. The molecular weight excluding hydrogens is 350 g/mol. The molecule has 144 valence electrons. The normalized spacial score (nSPS) is 12.6. The minimum atomic E-state index is 0.363. The summed E-state index contributed by atoms with van der Waals surface area (Å²) in [6.07, 6.45) is 4.97. The first kappa shape index (κ1) is 19.8. The molecule has 3 rings (SSSR count). The summed E-state index contributed by atoms with van der Waals surface area (Å²) >= 11 is 1.70. The van der Waals surface area contributed by atoms with Gasteiger partial charge in [0.05, 0.1) is 11.7 Å². The molecule has 27 heavy (non-hydrogen) atoms. The van der Waals surface area contributed by atoms with E-state index in [0.29, 0.717) is 6.04 Å². The van der Waals surface area contributed by atoms with Crippen LogP contribution in [0.1, 0.15) is 58.2 Å². The van der Waals surface area contributed by atoms with E-state index in [-0.39, 0.29) is 0 Å². The fourth-order valence-corrected chi connectivity index (χ4v) is 4.20. The first-order chi connectivity index (χ1) is 13.2. The SMILES string of the molecule is CCCCN(CCCC)C(C)c1csc(Nc2cccc3ccccc23)n1. The lowest BCUT2D eigenvalue weighted by Crippen LogP contribution is -2.29. The lowest BCUT2D eigenvalue weighted by atomic mass is 10.1. The van der Waals surface area contributed by atoms with Gasteiger partial charge in [-0.3, -0.25) is 4.90 Å². The van der Waals surface area contributed by atoms with Crippen molar-refractivity contribution in [3.05, 3.63) is 53.5 Å². The largest absolute Gasteiger partial charge is 0.331 e. The minimum Gasteiger partial charge on any atom is -0.331 e. The van der Waals surface area contributed by atoms with Gasteiger partial charge in [0.15, 0.2) is 5.13 Å². The molecule has 0 amide bonds. The van der Waals surface area contributed by atoms with E-state index in [0.717, 1.165) is 23.9 Å². The maximum absolute atomic E-state index is 4.92. The van der Waals surface area contributed by atoms with Crippen molar-refractivity contribution >= 4 is 32.9 Å². The quantitative estimate of drug-likeness (QED) is 0.409. The van der Waals surface area contributed by atoms with Crippen LogP contribution in [0.25, 0.3) is 10.8 Å². The van der Waals surface area contributed by atoms with Gasteiger partial charge in [-0.25, -0.2) is 4.98 Å². The molecule has 1 N–H and O–H groups in total. The van der Waals surface area contributed by atoms with E-state index in [1.54, 1.807) is 11.3 Å². The Balaban J connectivity index is 1.74. The maximum atomic E-state index is 4.92. The van der Waals surface area contributed by atoms with Crippen molar-refractivity contribution in [3.63, 3.8) is 0 Å². The van der Waals surface area contributed by atoms with Crippen molar-refractivity contribution in [2.24, 2.45) is 0 Å². The third-order valence-electron chi connectivity index (χ3n) is 5.13. The zero-order valence-electron chi connectivity index (χ0n) is 16.7. The summed E-state index contributed by atoms with van der Waals surface area (Å²) in [5, 5.41) is 9.20. The van der Waals surface area contributed by atoms with Crippen LogP contribution in [-0.4, -0.2) is 23.0 Å². The highest BCUT2D eigenvalue weighted by Crippen LogP contribution is 2.30. The molecule has 0 aliphatic carbocycles. The Kier molecular flexibility index (Phi) is 7.25. The highest BCUT2D eigenvalue weighted by atomic mass is 32.1. The van der Waals surface area contributed by atoms with Crippen molar-refractivity contribution in [3.8, 4) is 0 Å². The van der Waals surface area contributed by atoms with Crippen molar-refractivity contribution in [2.75, 3.05) is 18.4 Å². The zero-order valence-corrected chi connectivity index (χ0v) is 17.6. The molecule has 0 saturated carbocycles. The summed E-state index contributed by atoms with van der Waals surface area (Å²) in [6.45, 7) is 9.13. The summed E-state index contributed by atoms with van der Waals surface area (Å²) in [4.78, 5) is 7.50. The first-order valence-electron chi connectivity index (χ1n) is 10.2. The Morgan fingerprint density at radius 1 is 1.00 bits per heavy atom. The number of hydrogen-bond donors (Lipinski definition) is 1. The molecule has 0 spiro atoms. The Morgan fingerprint density at radius 2 is 1.70 bits per heavy atom. The summed E-state index contributed by atoms with van der Waals surface area (Å²) < 4.78 is 0. The van der Waals surface area contributed by atoms with Crippen molar-refractivity contribution in [2.45, 2.75) is 52.5 Å². The average Bonchev–Trinajstić information content (AvgIpc) is 3.16. The lowest BCUT2D eigenvalue weighted by Gasteiger charge is -2.27. The fraction of sp³-hybridized carbons (Fsp3) is 0.435. The van der Waals surface area contributed by atoms with E-state index < -0.39 is 0 Å². The first-order valence-corrected chi connectivity index (χ1v) is 11.0. The van der Waals surface area contributed by atoms with Gasteiger partial charge in [-0.2, -0.15) is 0 Å². The number of rotatable bonds is 10. The van der Waals surface area contributed by atoms with E-state index in [2.05, 4.69) is 78.8 Å². The molecular formula is C23H31N3S. The molecule has 2 aromatic carbocycles. The smallest absolute Gasteiger partial charge is 0.187 e. The standard InChI is InChI=1S/C23H31N3S/c1-4-6-15-26(16-7-5-2)18(3)22-17-27-23(25-22)24-21-14-10-12-19-11-8-9-13-20(19)21/h8-14,17-18H,4-7,15-16H2,1-3H3,(H,24,25). The number of anilines is 2. The van der Waals surface area contributed by atoms with Gasteiger partial charge in [0.2, 0.25) is 0 Å². The molecule has 0 saturated heterocycles. The number of nitrogens with one attached hydrogen (secondary N) is 1. The Labute approximate surface area is 167 Å². The number of unbranched alkanes of at least 4 members (excludes halogenated alkanes) is 2. The van der Waals surface area contributed by atoms with Crippen LogP contribution < -0.4 is 5.32 Å². The van der Waals surface area contributed by atoms with Gasteiger partial charge in [-0.15, -0.1) is 11.3 Å². The van der Waals surface area contributed by atoms with Crippen LogP contribution in [0.4, 0.5) is 10.8 Å². The summed E-state index contributed by atoms with van der Waals surface area (Å²) in [6, 6.07) is 15.2. The Morgan fingerprint density at radius 3 is 2.44 bits per heavy atom. The molecule has 3 nitrogen and oxygen atoms in total. The number of thiazole rings is 1. The number of benzene rings is 2. The van der Waals surface area contributed by atoms with Crippen molar-refractivity contribution < 1.29 is 0 Å². The molecule has 1 unspecified atom stereocenters. The van der Waals surface area contributed by atoms with Gasteiger partial charge >= 0.3 is 0 Å². The van der Waals surface area contributed by atoms with Crippen LogP contribution in [0.3, 0.4) is 0 Å². The van der Waals surface area contributed by atoms with E-state index >= 15 is 0 Å². The van der Waals surface area contributed by atoms with Gasteiger partial charge in [-0.05, 0) is 44.3 Å². The number of hydrogen-bond acceptors (Lipinski definition) is 4. The molecule has 0 aliphatic rings. The molecule has 0 fully saturated rings. The molecule has 1 heterocycles. The van der Waals surface area contributed by atoms with Crippen LogP contribution in [0.5, 0.6) is 0 Å². The molecule has 1 atom stereocenters. The molecule has 1 aromatic heterocycles. The van der Waals surface area contributed by atoms with Gasteiger partial charge in [0.25, 0.3) is 0 Å². The van der Waals surface area contributed by atoms with E-state index in [1.807, 2.05) is 0 Å². The van der Waals surface area contributed by atoms with Crippen molar-refractivity contribution in [1.82, 2.24) is 9.88 Å². The number of nitrogens with zero attached hydrogens (tertiary/aromatic N) is 2. The summed E-state index contributed by atoms with van der Waals surface area (Å²) in [5.74, 6) is 0. The Hall–Kier alpha value is -1.91. The predicted octanol–water partition coefficient (Wildman–Crippen LogP) is 7.00. The number of fused-ring (bicyclic) bond motifs is 1. The van der Waals surface area contributed by atoms with E-state index in [1.165, 1.54) is 42.1 Å². The van der Waals surface area contributed by atoms with Crippen LogP contribution in [0.15, 0.2) is 47.8 Å². The second kappa shape index (κ2) is 9.86. The average molecular weight is 382 g/mol. The monoisotopic (exact) mass is 381 g/mol.